The molecule has 3 aromatic rings. The monoisotopic (exact) mass is 506 g/mol. The summed E-state index contributed by atoms with van der Waals surface area (Å²) in [5.74, 6) is 0.674. The average Bonchev–Trinajstić information content (AvgIpc) is 3.45. The van der Waals surface area contributed by atoms with Crippen molar-refractivity contribution in [1.29, 1.82) is 0 Å². The molecule has 1 amide bonds. The fourth-order valence-corrected chi connectivity index (χ4v) is 4.27. The lowest BCUT2D eigenvalue weighted by atomic mass is 10.1. The maximum absolute atomic E-state index is 13.2. The predicted octanol–water partition coefficient (Wildman–Crippen LogP) is 2.59. The highest BCUT2D eigenvalue weighted by Gasteiger charge is 2.21. The number of carbonyl (C=O) groups is 1. The molecule has 1 aliphatic heterocycles. The summed E-state index contributed by atoms with van der Waals surface area (Å²) >= 11 is 0. The average molecular weight is 507 g/mol. The fourth-order valence-electron chi connectivity index (χ4n) is 4.27. The summed E-state index contributed by atoms with van der Waals surface area (Å²) in [7, 11) is 2.13. The van der Waals surface area contributed by atoms with Gasteiger partial charge < -0.3 is 10.2 Å². The Bertz CT molecular complexity index is 1370. The molecule has 37 heavy (non-hydrogen) atoms. The first-order valence-electron chi connectivity index (χ1n) is 12.4. The van der Waals surface area contributed by atoms with E-state index in [0.717, 1.165) is 31.6 Å². The number of aromatic nitrogens is 6. The molecule has 0 saturated carbocycles. The topological polar surface area (TPSA) is 118 Å². The molecule has 0 aliphatic carbocycles. The Morgan fingerprint density at radius 2 is 2.08 bits per heavy atom. The van der Waals surface area contributed by atoms with Crippen molar-refractivity contribution in [2.24, 2.45) is 5.10 Å². The summed E-state index contributed by atoms with van der Waals surface area (Å²) in [6, 6.07) is 0.182. The molecule has 0 atom stereocenters. The second-order valence-corrected chi connectivity index (χ2v) is 9.32. The van der Waals surface area contributed by atoms with E-state index in [-0.39, 0.29) is 18.1 Å². The Morgan fingerprint density at radius 3 is 2.73 bits per heavy atom. The SMILES string of the molecule is C=CCn1c(=O)c2cnc(Nc3cnn(C4CCN(C)CC4)c3)nc2n1C(/C=C\C)=N/N(C=O)C(C)C. The molecule has 196 valence electrons. The van der Waals surface area contributed by atoms with Crippen molar-refractivity contribution in [1.82, 2.24) is 39.0 Å². The van der Waals surface area contributed by atoms with Crippen LogP contribution in [-0.4, -0.2) is 77.4 Å². The number of anilines is 2. The molecule has 1 N–H and O–H groups in total. The Balaban J connectivity index is 1.74. The first kappa shape index (κ1) is 26.0. The molecule has 12 heteroatoms. The third kappa shape index (κ3) is 5.53. The summed E-state index contributed by atoms with van der Waals surface area (Å²) in [5.41, 5.74) is 0.835. The Morgan fingerprint density at radius 1 is 1.32 bits per heavy atom. The van der Waals surface area contributed by atoms with E-state index in [4.69, 9.17) is 0 Å². The van der Waals surface area contributed by atoms with E-state index < -0.39 is 0 Å². The number of fused-ring (bicyclic) bond motifs is 1. The second kappa shape index (κ2) is 11.3. The maximum Gasteiger partial charge on any atom is 0.278 e. The number of allylic oxidation sites excluding steroid dienone is 3. The van der Waals surface area contributed by atoms with Gasteiger partial charge in [0.25, 0.3) is 5.56 Å². The van der Waals surface area contributed by atoms with Crippen molar-refractivity contribution in [2.45, 2.75) is 52.2 Å². The molecule has 0 spiro atoms. The molecule has 1 aliphatic rings. The molecule has 12 nitrogen and oxygen atoms in total. The van der Waals surface area contributed by atoms with Crippen LogP contribution in [0.3, 0.4) is 0 Å². The largest absolute Gasteiger partial charge is 0.321 e. The molecule has 0 unspecified atom stereocenters. The van der Waals surface area contributed by atoms with Crippen LogP contribution in [0.4, 0.5) is 11.6 Å². The van der Waals surface area contributed by atoms with Gasteiger partial charge in [-0.3, -0.25) is 14.3 Å². The van der Waals surface area contributed by atoms with Crippen LogP contribution in [0.2, 0.25) is 0 Å². The molecule has 0 bridgehead atoms. The van der Waals surface area contributed by atoms with E-state index >= 15 is 0 Å². The molecular formula is C25H34N10O2. The minimum Gasteiger partial charge on any atom is -0.321 e. The van der Waals surface area contributed by atoms with Gasteiger partial charge in [0.1, 0.15) is 5.39 Å². The summed E-state index contributed by atoms with van der Waals surface area (Å²) in [5, 5.41) is 13.9. The normalized spacial score (nSPS) is 15.6. The van der Waals surface area contributed by atoms with Gasteiger partial charge in [-0.2, -0.15) is 15.2 Å². The van der Waals surface area contributed by atoms with Crippen LogP contribution < -0.4 is 10.9 Å². The number of nitrogens with zero attached hydrogens (tertiary/aromatic N) is 9. The summed E-state index contributed by atoms with van der Waals surface area (Å²) in [6.45, 7) is 11.6. The predicted molar refractivity (Wildman–Crippen MR) is 144 cm³/mol. The molecule has 1 fully saturated rings. The van der Waals surface area contributed by atoms with Crippen molar-refractivity contribution < 1.29 is 4.79 Å². The zero-order chi connectivity index (χ0) is 26.5. The lowest BCUT2D eigenvalue weighted by molar-refractivity contribution is -0.119. The lowest BCUT2D eigenvalue weighted by Crippen LogP contribution is -2.31. The number of likely N-dealkylation sites (tertiary alicyclic amines) is 1. The van der Waals surface area contributed by atoms with Crippen molar-refractivity contribution in [3.63, 3.8) is 0 Å². The summed E-state index contributed by atoms with van der Waals surface area (Å²) < 4.78 is 5.05. The quantitative estimate of drug-likeness (QED) is 0.156. The van der Waals surface area contributed by atoms with Gasteiger partial charge in [-0.05, 0) is 59.8 Å². The van der Waals surface area contributed by atoms with Crippen LogP contribution in [0, 0.1) is 0 Å². The van der Waals surface area contributed by atoms with Gasteiger partial charge in [-0.25, -0.2) is 19.4 Å². The second-order valence-electron chi connectivity index (χ2n) is 9.32. The first-order valence-corrected chi connectivity index (χ1v) is 12.4. The van der Waals surface area contributed by atoms with E-state index in [2.05, 4.69) is 44.0 Å². The van der Waals surface area contributed by atoms with Gasteiger partial charge in [-0.15, -0.1) is 6.58 Å². The molecule has 0 aromatic carbocycles. The number of carbonyl (C=O) groups excluding carboxylic acids is 1. The standard InChI is InChI=1S/C25H34N10O2/c1-6-8-22(30-33(17-36)18(3)4)35-23-21(24(37)34(35)11-7-2)15-26-25(29-23)28-19-14-27-32(16-19)20-9-12-31(5)13-10-20/h6-8,14-18,20H,2,9-13H2,1,3-5H3,(H,26,28,29)/b8-6-,30-22+. The Kier molecular flexibility index (Phi) is 7.97. The molecule has 1 saturated heterocycles. The molecule has 4 heterocycles. The Labute approximate surface area is 215 Å². The molecule has 3 aromatic heterocycles. The highest BCUT2D eigenvalue weighted by atomic mass is 16.1. The minimum absolute atomic E-state index is 0.174. The van der Waals surface area contributed by atoms with Crippen molar-refractivity contribution in [2.75, 3.05) is 25.5 Å². The summed E-state index contributed by atoms with van der Waals surface area (Å²) in [4.78, 5) is 36.2. The van der Waals surface area contributed by atoms with E-state index in [1.54, 1.807) is 29.1 Å². The van der Waals surface area contributed by atoms with Crippen LogP contribution in [0.15, 0.2) is 53.3 Å². The maximum atomic E-state index is 13.2. The van der Waals surface area contributed by atoms with Gasteiger partial charge in [0.15, 0.2) is 11.5 Å². The van der Waals surface area contributed by atoms with Crippen LogP contribution in [0.1, 0.15) is 39.7 Å². The van der Waals surface area contributed by atoms with Crippen molar-refractivity contribution >= 4 is 34.9 Å². The number of nitrogens with one attached hydrogen (secondary N) is 1. The van der Waals surface area contributed by atoms with Gasteiger partial charge in [0.05, 0.1) is 24.5 Å². The van der Waals surface area contributed by atoms with Crippen molar-refractivity contribution in [3.05, 3.63) is 53.8 Å². The number of hydrazone groups is 1. The zero-order valence-electron chi connectivity index (χ0n) is 21.8. The van der Waals surface area contributed by atoms with E-state index in [0.29, 0.717) is 35.3 Å². The van der Waals surface area contributed by atoms with E-state index in [9.17, 15) is 9.59 Å². The van der Waals surface area contributed by atoms with E-state index in [1.165, 1.54) is 15.9 Å². The van der Waals surface area contributed by atoms with Crippen LogP contribution in [-0.2, 0) is 11.3 Å². The molecular weight excluding hydrogens is 472 g/mol. The van der Waals surface area contributed by atoms with E-state index in [1.807, 2.05) is 31.6 Å². The Hall–Kier alpha value is -4.06. The first-order chi connectivity index (χ1) is 17.9. The fraction of sp³-hybridized carbons (Fsp3) is 0.440. The van der Waals surface area contributed by atoms with Gasteiger partial charge in [0, 0.05) is 18.4 Å². The third-order valence-electron chi connectivity index (χ3n) is 6.29. The lowest BCUT2D eigenvalue weighted by Gasteiger charge is -2.28. The summed E-state index contributed by atoms with van der Waals surface area (Å²) in [6.07, 6.45) is 13.1. The van der Waals surface area contributed by atoms with Gasteiger partial charge in [0.2, 0.25) is 12.4 Å². The minimum atomic E-state index is -0.282. The number of amides is 1. The molecule has 4 rings (SSSR count). The smallest absolute Gasteiger partial charge is 0.278 e. The number of rotatable bonds is 9. The number of hydrogen-bond donors (Lipinski definition) is 1. The number of hydrogen-bond acceptors (Lipinski definition) is 8. The third-order valence-corrected chi connectivity index (χ3v) is 6.29. The zero-order valence-corrected chi connectivity index (χ0v) is 21.8. The highest BCUT2D eigenvalue weighted by Crippen LogP contribution is 2.23. The van der Waals surface area contributed by atoms with Crippen LogP contribution in [0.5, 0.6) is 0 Å². The van der Waals surface area contributed by atoms with Crippen LogP contribution in [0.25, 0.3) is 11.0 Å². The highest BCUT2D eigenvalue weighted by molar-refractivity contribution is 5.99. The van der Waals surface area contributed by atoms with Gasteiger partial charge >= 0.3 is 0 Å². The molecule has 0 radical (unpaired) electrons. The van der Waals surface area contributed by atoms with Gasteiger partial charge in [-0.1, -0.05) is 12.2 Å². The van der Waals surface area contributed by atoms with Crippen molar-refractivity contribution in [3.8, 4) is 0 Å². The van der Waals surface area contributed by atoms with Crippen LogP contribution >= 0.6 is 0 Å². The number of piperidine rings is 1.